The molecule has 1 heterocycles. The topological polar surface area (TPSA) is 41.0 Å². The van der Waals surface area contributed by atoms with Crippen LogP contribution in [-0.2, 0) is 0 Å². The van der Waals surface area contributed by atoms with Crippen LogP contribution in [0.3, 0.4) is 0 Å². The van der Waals surface area contributed by atoms with Crippen LogP contribution in [0.25, 0.3) is 0 Å². The molecular formula is C12H12BrClN4. The number of nitrogens with one attached hydrogen (secondary N) is 1. The maximum absolute atomic E-state index is 5.76. The number of aromatic nitrogens is 2. The molecule has 0 aliphatic heterocycles. The fourth-order valence-corrected chi connectivity index (χ4v) is 1.84. The molecule has 4 nitrogen and oxygen atoms in total. The molecule has 0 aliphatic carbocycles. The van der Waals surface area contributed by atoms with Gasteiger partial charge < -0.3 is 10.2 Å². The van der Waals surface area contributed by atoms with Gasteiger partial charge in [-0.1, -0.05) is 0 Å². The van der Waals surface area contributed by atoms with Gasteiger partial charge in [0, 0.05) is 31.7 Å². The summed E-state index contributed by atoms with van der Waals surface area (Å²) in [6.45, 7) is 0. The highest BCUT2D eigenvalue weighted by atomic mass is 79.9. The molecule has 0 saturated carbocycles. The van der Waals surface area contributed by atoms with Gasteiger partial charge in [-0.25, -0.2) is 4.98 Å². The average molecular weight is 328 g/mol. The number of nitrogens with zero attached hydrogens (tertiary/aromatic N) is 3. The molecule has 18 heavy (non-hydrogen) atoms. The molecule has 2 rings (SSSR count). The first kappa shape index (κ1) is 13.1. The van der Waals surface area contributed by atoms with Crippen molar-refractivity contribution in [3.63, 3.8) is 0 Å². The van der Waals surface area contributed by atoms with Crippen molar-refractivity contribution in [1.29, 1.82) is 0 Å². The second-order valence-electron chi connectivity index (χ2n) is 3.90. The first-order valence-electron chi connectivity index (χ1n) is 5.29. The zero-order chi connectivity index (χ0) is 13.1. The Morgan fingerprint density at radius 1 is 1.22 bits per heavy atom. The standard InChI is InChI=1S/C12H12BrClN4/c1-18(2)9-5-3-8(4-6-9)16-11-10(13)7-15-12(14)17-11/h3-7H,1-2H3,(H,15,16,17). The summed E-state index contributed by atoms with van der Waals surface area (Å²) in [7, 11) is 4.01. The van der Waals surface area contributed by atoms with Crippen molar-refractivity contribution in [2.24, 2.45) is 0 Å². The zero-order valence-corrected chi connectivity index (χ0v) is 12.3. The maximum Gasteiger partial charge on any atom is 0.224 e. The highest BCUT2D eigenvalue weighted by Crippen LogP contribution is 2.25. The molecule has 2 aromatic rings. The Bertz CT molecular complexity index is 542. The Balaban J connectivity index is 2.21. The van der Waals surface area contributed by atoms with Gasteiger partial charge in [0.15, 0.2) is 0 Å². The molecule has 0 unspecified atom stereocenters. The number of hydrogen-bond donors (Lipinski definition) is 1. The van der Waals surface area contributed by atoms with E-state index in [0.717, 1.165) is 15.8 Å². The van der Waals surface area contributed by atoms with E-state index in [-0.39, 0.29) is 5.28 Å². The van der Waals surface area contributed by atoms with E-state index in [1.165, 1.54) is 0 Å². The Morgan fingerprint density at radius 3 is 2.50 bits per heavy atom. The Hall–Kier alpha value is -1.33. The van der Waals surface area contributed by atoms with Crippen molar-refractivity contribution in [3.05, 3.63) is 40.2 Å². The molecule has 0 fully saturated rings. The minimum Gasteiger partial charge on any atom is -0.378 e. The van der Waals surface area contributed by atoms with Gasteiger partial charge in [-0.15, -0.1) is 0 Å². The van der Waals surface area contributed by atoms with Gasteiger partial charge in [0.1, 0.15) is 5.82 Å². The summed E-state index contributed by atoms with van der Waals surface area (Å²) < 4.78 is 0.767. The second-order valence-corrected chi connectivity index (χ2v) is 5.09. The van der Waals surface area contributed by atoms with Crippen LogP contribution in [0.5, 0.6) is 0 Å². The number of anilines is 3. The highest BCUT2D eigenvalue weighted by Gasteiger charge is 2.04. The SMILES string of the molecule is CN(C)c1ccc(Nc2nc(Cl)ncc2Br)cc1. The van der Waals surface area contributed by atoms with E-state index in [1.54, 1.807) is 6.20 Å². The lowest BCUT2D eigenvalue weighted by atomic mass is 10.2. The number of halogens is 2. The molecule has 1 aromatic carbocycles. The van der Waals surface area contributed by atoms with Gasteiger partial charge in [-0.3, -0.25) is 0 Å². The molecule has 94 valence electrons. The van der Waals surface area contributed by atoms with Crippen molar-refractivity contribution in [2.45, 2.75) is 0 Å². The summed E-state index contributed by atoms with van der Waals surface area (Å²) in [6.07, 6.45) is 1.62. The van der Waals surface area contributed by atoms with E-state index in [4.69, 9.17) is 11.6 Å². The molecule has 0 saturated heterocycles. The fourth-order valence-electron chi connectivity index (χ4n) is 1.41. The second kappa shape index (κ2) is 5.54. The van der Waals surface area contributed by atoms with Crippen LogP contribution in [-0.4, -0.2) is 24.1 Å². The lowest BCUT2D eigenvalue weighted by Crippen LogP contribution is -2.08. The minimum absolute atomic E-state index is 0.214. The number of benzene rings is 1. The van der Waals surface area contributed by atoms with Crippen LogP contribution in [0.2, 0.25) is 5.28 Å². The predicted molar refractivity (Wildman–Crippen MR) is 78.8 cm³/mol. The smallest absolute Gasteiger partial charge is 0.224 e. The van der Waals surface area contributed by atoms with Crippen LogP contribution < -0.4 is 10.2 Å². The Kier molecular flexibility index (Phi) is 4.04. The van der Waals surface area contributed by atoms with Gasteiger partial charge in [-0.05, 0) is 51.8 Å². The van der Waals surface area contributed by atoms with Gasteiger partial charge in [0.2, 0.25) is 5.28 Å². The molecule has 0 atom stereocenters. The van der Waals surface area contributed by atoms with E-state index in [1.807, 2.05) is 43.3 Å². The van der Waals surface area contributed by atoms with Crippen LogP contribution in [0.1, 0.15) is 0 Å². The third-order valence-corrected chi connectivity index (χ3v) is 3.12. The van der Waals surface area contributed by atoms with Gasteiger partial charge in [-0.2, -0.15) is 4.98 Å². The van der Waals surface area contributed by atoms with Crippen molar-refractivity contribution in [3.8, 4) is 0 Å². The first-order valence-corrected chi connectivity index (χ1v) is 6.46. The molecule has 1 N–H and O–H groups in total. The molecule has 0 amide bonds. The predicted octanol–water partition coefficient (Wildman–Crippen LogP) is 3.70. The molecule has 0 radical (unpaired) electrons. The summed E-state index contributed by atoms with van der Waals surface area (Å²) in [5, 5.41) is 3.39. The summed E-state index contributed by atoms with van der Waals surface area (Å²) in [4.78, 5) is 10.0. The summed E-state index contributed by atoms with van der Waals surface area (Å²) in [5.74, 6) is 0.646. The van der Waals surface area contributed by atoms with Gasteiger partial charge in [0.05, 0.1) is 4.47 Å². The van der Waals surface area contributed by atoms with E-state index < -0.39 is 0 Å². The first-order chi connectivity index (χ1) is 8.56. The average Bonchev–Trinajstić information content (AvgIpc) is 2.34. The van der Waals surface area contributed by atoms with Gasteiger partial charge >= 0.3 is 0 Å². The van der Waals surface area contributed by atoms with Crippen molar-refractivity contribution < 1.29 is 0 Å². The Morgan fingerprint density at radius 2 is 1.89 bits per heavy atom. The van der Waals surface area contributed by atoms with E-state index in [2.05, 4.69) is 31.2 Å². The normalized spacial score (nSPS) is 10.2. The van der Waals surface area contributed by atoms with E-state index >= 15 is 0 Å². The number of hydrogen-bond acceptors (Lipinski definition) is 4. The third-order valence-electron chi connectivity index (χ3n) is 2.36. The molecule has 0 aliphatic rings. The molecule has 1 aromatic heterocycles. The zero-order valence-electron chi connectivity index (χ0n) is 9.98. The fraction of sp³-hybridized carbons (Fsp3) is 0.167. The lowest BCUT2D eigenvalue weighted by molar-refractivity contribution is 1.13. The highest BCUT2D eigenvalue weighted by molar-refractivity contribution is 9.10. The van der Waals surface area contributed by atoms with Crippen molar-refractivity contribution >= 4 is 44.7 Å². The van der Waals surface area contributed by atoms with Gasteiger partial charge in [0.25, 0.3) is 0 Å². The summed E-state index contributed by atoms with van der Waals surface area (Å²) >= 11 is 9.13. The molecular weight excluding hydrogens is 316 g/mol. The van der Waals surface area contributed by atoms with Crippen LogP contribution in [0.4, 0.5) is 17.2 Å². The lowest BCUT2D eigenvalue weighted by Gasteiger charge is -2.13. The Labute approximate surface area is 119 Å². The van der Waals surface area contributed by atoms with E-state index in [0.29, 0.717) is 5.82 Å². The van der Waals surface area contributed by atoms with Crippen LogP contribution in [0.15, 0.2) is 34.9 Å². The monoisotopic (exact) mass is 326 g/mol. The maximum atomic E-state index is 5.76. The van der Waals surface area contributed by atoms with E-state index in [9.17, 15) is 0 Å². The van der Waals surface area contributed by atoms with Crippen molar-refractivity contribution in [2.75, 3.05) is 24.3 Å². The molecule has 0 spiro atoms. The van der Waals surface area contributed by atoms with Crippen LogP contribution >= 0.6 is 27.5 Å². The van der Waals surface area contributed by atoms with Crippen molar-refractivity contribution in [1.82, 2.24) is 9.97 Å². The molecule has 0 bridgehead atoms. The summed E-state index contributed by atoms with van der Waals surface area (Å²) in [6, 6.07) is 8.02. The van der Waals surface area contributed by atoms with Crippen LogP contribution in [0, 0.1) is 0 Å². The summed E-state index contributed by atoms with van der Waals surface area (Å²) in [5.41, 5.74) is 2.08. The largest absolute Gasteiger partial charge is 0.378 e. The minimum atomic E-state index is 0.214. The number of rotatable bonds is 3. The molecule has 6 heteroatoms. The quantitative estimate of drug-likeness (QED) is 0.873. The third kappa shape index (κ3) is 3.11.